The quantitative estimate of drug-likeness (QED) is 0.934. The largest absolute Gasteiger partial charge is 0.348 e. The van der Waals surface area contributed by atoms with E-state index in [-0.39, 0.29) is 4.90 Å². The van der Waals surface area contributed by atoms with Crippen LogP contribution in [0.3, 0.4) is 0 Å². The summed E-state index contributed by atoms with van der Waals surface area (Å²) in [5.41, 5.74) is 1.56. The number of sulfonamides is 1. The standard InChI is InChI=1S/C15H19N3O2S2/c1-11-6-5-7-13(22(16,19)20)14(11)12-10-17-15(21-12)18-8-3-2-4-9-18/h5-7,10H,2-4,8-9H2,1H3,(H2,16,19,20). The van der Waals surface area contributed by atoms with E-state index in [2.05, 4.69) is 9.88 Å². The molecule has 1 aliphatic rings. The minimum Gasteiger partial charge on any atom is -0.348 e. The molecule has 22 heavy (non-hydrogen) atoms. The summed E-state index contributed by atoms with van der Waals surface area (Å²) in [5, 5.41) is 6.32. The molecule has 0 spiro atoms. The molecule has 0 amide bonds. The SMILES string of the molecule is Cc1cccc(S(N)(=O)=O)c1-c1cnc(N2CCCCC2)s1. The Kier molecular flexibility index (Phi) is 4.20. The van der Waals surface area contributed by atoms with E-state index in [1.807, 2.05) is 13.0 Å². The van der Waals surface area contributed by atoms with Gasteiger partial charge in [-0.3, -0.25) is 0 Å². The molecular weight excluding hydrogens is 318 g/mol. The van der Waals surface area contributed by atoms with E-state index in [0.717, 1.165) is 28.7 Å². The van der Waals surface area contributed by atoms with Gasteiger partial charge in [0.2, 0.25) is 10.0 Å². The number of aryl methyl sites for hydroxylation is 1. The highest BCUT2D eigenvalue weighted by Crippen LogP contribution is 2.37. The van der Waals surface area contributed by atoms with Gasteiger partial charge in [0.1, 0.15) is 0 Å². The van der Waals surface area contributed by atoms with Gasteiger partial charge in [-0.2, -0.15) is 0 Å². The molecule has 1 saturated heterocycles. The van der Waals surface area contributed by atoms with Gasteiger partial charge in [0.05, 0.1) is 9.77 Å². The first-order valence-electron chi connectivity index (χ1n) is 7.30. The van der Waals surface area contributed by atoms with Crippen molar-refractivity contribution >= 4 is 26.5 Å². The van der Waals surface area contributed by atoms with E-state index < -0.39 is 10.0 Å². The van der Waals surface area contributed by atoms with Gasteiger partial charge in [0, 0.05) is 24.8 Å². The third kappa shape index (κ3) is 3.02. The maximum Gasteiger partial charge on any atom is 0.238 e. The molecule has 5 nitrogen and oxygen atoms in total. The first-order valence-corrected chi connectivity index (χ1v) is 9.66. The third-order valence-electron chi connectivity index (χ3n) is 3.91. The zero-order valence-electron chi connectivity index (χ0n) is 12.4. The molecule has 1 fully saturated rings. The van der Waals surface area contributed by atoms with Crippen LogP contribution >= 0.6 is 11.3 Å². The van der Waals surface area contributed by atoms with Crippen LogP contribution in [-0.2, 0) is 10.0 Å². The van der Waals surface area contributed by atoms with Crippen LogP contribution in [0.25, 0.3) is 10.4 Å². The van der Waals surface area contributed by atoms with Crippen LogP contribution in [0.5, 0.6) is 0 Å². The van der Waals surface area contributed by atoms with Gasteiger partial charge in [0.15, 0.2) is 5.13 Å². The second kappa shape index (κ2) is 5.98. The lowest BCUT2D eigenvalue weighted by Gasteiger charge is -2.25. The number of rotatable bonds is 3. The minimum absolute atomic E-state index is 0.168. The summed E-state index contributed by atoms with van der Waals surface area (Å²) in [6.07, 6.45) is 5.39. The fourth-order valence-corrected chi connectivity index (χ4v) is 4.79. The number of hydrogen-bond donors (Lipinski definition) is 1. The van der Waals surface area contributed by atoms with Gasteiger partial charge in [-0.15, -0.1) is 0 Å². The average Bonchev–Trinajstić information content (AvgIpc) is 2.96. The van der Waals surface area contributed by atoms with Gasteiger partial charge in [-0.25, -0.2) is 18.5 Å². The zero-order valence-corrected chi connectivity index (χ0v) is 14.1. The van der Waals surface area contributed by atoms with Crippen LogP contribution in [0.15, 0.2) is 29.3 Å². The lowest BCUT2D eigenvalue weighted by molar-refractivity contribution is 0.577. The van der Waals surface area contributed by atoms with Crippen molar-refractivity contribution in [3.63, 3.8) is 0 Å². The number of thiazole rings is 1. The van der Waals surface area contributed by atoms with Crippen molar-refractivity contribution in [1.82, 2.24) is 4.98 Å². The molecule has 1 aromatic carbocycles. The predicted molar refractivity (Wildman–Crippen MR) is 89.7 cm³/mol. The molecule has 2 N–H and O–H groups in total. The monoisotopic (exact) mass is 337 g/mol. The summed E-state index contributed by atoms with van der Waals surface area (Å²) in [5.74, 6) is 0. The molecule has 7 heteroatoms. The van der Waals surface area contributed by atoms with Crippen molar-refractivity contribution < 1.29 is 8.42 Å². The van der Waals surface area contributed by atoms with Crippen LogP contribution in [-0.4, -0.2) is 26.5 Å². The highest BCUT2D eigenvalue weighted by molar-refractivity contribution is 7.89. The average molecular weight is 337 g/mol. The zero-order chi connectivity index (χ0) is 15.7. The van der Waals surface area contributed by atoms with Gasteiger partial charge < -0.3 is 4.90 Å². The second-order valence-electron chi connectivity index (χ2n) is 5.55. The Labute approximate surface area is 134 Å². The summed E-state index contributed by atoms with van der Waals surface area (Å²) in [4.78, 5) is 7.78. The normalized spacial score (nSPS) is 16.0. The number of hydrogen-bond acceptors (Lipinski definition) is 5. The van der Waals surface area contributed by atoms with E-state index in [1.165, 1.54) is 30.6 Å². The van der Waals surface area contributed by atoms with Crippen molar-refractivity contribution in [2.75, 3.05) is 18.0 Å². The molecule has 0 aliphatic carbocycles. The van der Waals surface area contributed by atoms with Crippen LogP contribution in [0.1, 0.15) is 24.8 Å². The molecule has 3 rings (SSSR count). The molecule has 2 heterocycles. The van der Waals surface area contributed by atoms with Gasteiger partial charge >= 0.3 is 0 Å². The maximum atomic E-state index is 11.8. The summed E-state index contributed by atoms with van der Waals surface area (Å²) < 4.78 is 23.7. The Morgan fingerprint density at radius 2 is 1.95 bits per heavy atom. The van der Waals surface area contributed by atoms with Crippen molar-refractivity contribution in [2.24, 2.45) is 5.14 Å². The van der Waals surface area contributed by atoms with E-state index >= 15 is 0 Å². The fourth-order valence-electron chi connectivity index (χ4n) is 2.81. The summed E-state index contributed by atoms with van der Waals surface area (Å²) in [6.45, 7) is 3.93. The van der Waals surface area contributed by atoms with E-state index in [4.69, 9.17) is 5.14 Å². The number of aromatic nitrogens is 1. The van der Waals surface area contributed by atoms with Gasteiger partial charge in [0.25, 0.3) is 0 Å². The van der Waals surface area contributed by atoms with Gasteiger partial charge in [-0.1, -0.05) is 23.5 Å². The maximum absolute atomic E-state index is 11.8. The Bertz CT molecular complexity index is 778. The number of primary sulfonamides is 1. The lowest BCUT2D eigenvalue weighted by Crippen LogP contribution is -2.29. The van der Waals surface area contributed by atoms with Crippen LogP contribution in [0.4, 0.5) is 5.13 Å². The molecular formula is C15H19N3O2S2. The fraction of sp³-hybridized carbons (Fsp3) is 0.400. The van der Waals surface area contributed by atoms with Crippen molar-refractivity contribution in [3.8, 4) is 10.4 Å². The molecule has 1 aromatic heterocycles. The summed E-state index contributed by atoms with van der Waals surface area (Å²) in [6, 6.07) is 5.16. The van der Waals surface area contributed by atoms with Gasteiger partial charge in [-0.05, 0) is 37.8 Å². The number of piperidine rings is 1. The smallest absolute Gasteiger partial charge is 0.238 e. The highest BCUT2D eigenvalue weighted by atomic mass is 32.2. The Balaban J connectivity index is 2.03. The Morgan fingerprint density at radius 3 is 2.64 bits per heavy atom. The minimum atomic E-state index is -3.75. The number of benzene rings is 1. The molecule has 0 radical (unpaired) electrons. The number of nitrogens with zero attached hydrogens (tertiary/aromatic N) is 2. The van der Waals surface area contributed by atoms with E-state index in [0.29, 0.717) is 5.56 Å². The number of nitrogens with two attached hydrogens (primary N) is 1. The second-order valence-corrected chi connectivity index (χ2v) is 8.09. The first kappa shape index (κ1) is 15.5. The van der Waals surface area contributed by atoms with E-state index in [1.54, 1.807) is 18.3 Å². The molecule has 118 valence electrons. The molecule has 0 saturated carbocycles. The summed E-state index contributed by atoms with van der Waals surface area (Å²) in [7, 11) is -3.75. The topological polar surface area (TPSA) is 76.3 Å². The first-order chi connectivity index (χ1) is 10.5. The molecule has 0 bridgehead atoms. The van der Waals surface area contributed by atoms with Crippen molar-refractivity contribution in [1.29, 1.82) is 0 Å². The Morgan fingerprint density at radius 1 is 1.23 bits per heavy atom. The van der Waals surface area contributed by atoms with Crippen LogP contribution < -0.4 is 10.0 Å². The Hall–Kier alpha value is -1.44. The van der Waals surface area contributed by atoms with Crippen molar-refractivity contribution in [2.45, 2.75) is 31.1 Å². The predicted octanol–water partition coefficient (Wildman–Crippen LogP) is 2.76. The number of anilines is 1. The summed E-state index contributed by atoms with van der Waals surface area (Å²) >= 11 is 1.53. The highest BCUT2D eigenvalue weighted by Gasteiger charge is 2.21. The van der Waals surface area contributed by atoms with Crippen LogP contribution in [0, 0.1) is 6.92 Å². The van der Waals surface area contributed by atoms with E-state index in [9.17, 15) is 8.42 Å². The molecule has 0 unspecified atom stereocenters. The third-order valence-corrected chi connectivity index (χ3v) is 5.94. The van der Waals surface area contributed by atoms with Crippen molar-refractivity contribution in [3.05, 3.63) is 30.0 Å². The molecule has 2 aromatic rings. The lowest BCUT2D eigenvalue weighted by atomic mass is 10.1. The molecule has 1 aliphatic heterocycles. The molecule has 0 atom stereocenters. The van der Waals surface area contributed by atoms with Crippen LogP contribution in [0.2, 0.25) is 0 Å².